The van der Waals surface area contributed by atoms with Crippen LogP contribution in [0.25, 0.3) is 11.1 Å². The van der Waals surface area contributed by atoms with Crippen LogP contribution >= 0.6 is 0 Å². The Morgan fingerprint density at radius 3 is 2.54 bits per heavy atom. The highest BCUT2D eigenvalue weighted by atomic mass is 19.4. The van der Waals surface area contributed by atoms with Gasteiger partial charge in [-0.15, -0.1) is 0 Å². The Labute approximate surface area is 157 Å². The number of rotatable bonds is 4. The number of hydrazine groups is 1. The van der Waals surface area contributed by atoms with Gasteiger partial charge in [0.1, 0.15) is 12.2 Å². The predicted molar refractivity (Wildman–Crippen MR) is 93.7 cm³/mol. The van der Waals surface area contributed by atoms with Crippen molar-refractivity contribution in [2.75, 3.05) is 0 Å². The van der Waals surface area contributed by atoms with Crippen LogP contribution in [0.3, 0.4) is 0 Å². The number of halogens is 4. The van der Waals surface area contributed by atoms with Gasteiger partial charge >= 0.3 is 6.18 Å². The number of alkyl halides is 3. The summed E-state index contributed by atoms with van der Waals surface area (Å²) in [7, 11) is 0. The number of amides is 1. The van der Waals surface area contributed by atoms with Gasteiger partial charge < -0.3 is 5.73 Å². The molecule has 0 heterocycles. The molecule has 2 aromatic rings. The van der Waals surface area contributed by atoms with Crippen molar-refractivity contribution in [2.45, 2.75) is 19.1 Å². The average molecular weight is 393 g/mol. The Morgan fingerprint density at radius 2 is 1.89 bits per heavy atom. The Hall–Kier alpha value is -3.61. The molecule has 146 valence electrons. The number of hydrogen-bond donors (Lipinski definition) is 3. The molecule has 2 aromatic carbocycles. The van der Waals surface area contributed by atoms with E-state index in [4.69, 9.17) is 11.0 Å². The van der Waals surface area contributed by atoms with E-state index in [0.29, 0.717) is 0 Å². The molecule has 0 radical (unpaired) electrons. The fraction of sp³-hybridized carbons (Fsp3) is 0.167. The quantitative estimate of drug-likeness (QED) is 0.322. The third kappa shape index (κ3) is 5.44. The number of aliphatic imine (C=N–C) groups is 1. The maximum atomic E-state index is 14.3. The van der Waals surface area contributed by atoms with Crippen LogP contribution in [0.2, 0.25) is 0 Å². The fourth-order valence-corrected chi connectivity index (χ4v) is 2.28. The molecule has 0 unspecified atom stereocenters. The van der Waals surface area contributed by atoms with E-state index in [1.165, 1.54) is 30.3 Å². The molecule has 0 spiro atoms. The standard InChI is InChI=1S/C18H15F4N5O/c19-15-9-11(13-3-1-2-4-14(13)18(20,21)22)5-6-12(15)10-25-17(24)27-26-16(28)7-8-23/h1-6,9H,7,10H2,(H,26,28)(H3,24,25,27). The van der Waals surface area contributed by atoms with Gasteiger partial charge in [-0.1, -0.05) is 30.3 Å². The summed E-state index contributed by atoms with van der Waals surface area (Å²) in [5.74, 6) is -1.60. The lowest BCUT2D eigenvalue weighted by molar-refractivity contribution is -0.137. The molecule has 0 fully saturated rings. The molecule has 0 aliphatic heterocycles. The van der Waals surface area contributed by atoms with E-state index < -0.39 is 23.5 Å². The summed E-state index contributed by atoms with van der Waals surface area (Å²) in [6.45, 7) is -0.208. The van der Waals surface area contributed by atoms with Crippen LogP contribution < -0.4 is 16.6 Å². The highest BCUT2D eigenvalue weighted by molar-refractivity contribution is 5.83. The molecule has 0 aromatic heterocycles. The fourth-order valence-electron chi connectivity index (χ4n) is 2.28. The van der Waals surface area contributed by atoms with E-state index in [1.807, 2.05) is 0 Å². The number of nitrogens with zero attached hydrogens (tertiary/aromatic N) is 2. The largest absolute Gasteiger partial charge is 0.417 e. The molecule has 4 N–H and O–H groups in total. The van der Waals surface area contributed by atoms with E-state index in [-0.39, 0.29) is 35.6 Å². The zero-order valence-electron chi connectivity index (χ0n) is 14.3. The zero-order valence-corrected chi connectivity index (χ0v) is 14.3. The van der Waals surface area contributed by atoms with Crippen molar-refractivity contribution in [1.29, 1.82) is 5.26 Å². The molecule has 28 heavy (non-hydrogen) atoms. The lowest BCUT2D eigenvalue weighted by Gasteiger charge is -2.13. The van der Waals surface area contributed by atoms with Crippen molar-refractivity contribution in [1.82, 2.24) is 10.9 Å². The third-order valence-electron chi connectivity index (χ3n) is 3.59. The number of carbonyl (C=O) groups excluding carboxylic acids is 1. The molecule has 0 aliphatic carbocycles. The second-order valence-corrected chi connectivity index (χ2v) is 5.56. The lowest BCUT2D eigenvalue weighted by Crippen LogP contribution is -2.45. The van der Waals surface area contributed by atoms with E-state index >= 15 is 0 Å². The van der Waals surface area contributed by atoms with Gasteiger partial charge in [0.15, 0.2) is 0 Å². The van der Waals surface area contributed by atoms with Gasteiger partial charge in [-0.25, -0.2) is 9.38 Å². The maximum absolute atomic E-state index is 14.3. The maximum Gasteiger partial charge on any atom is 0.417 e. The van der Waals surface area contributed by atoms with Crippen LogP contribution in [0.1, 0.15) is 17.5 Å². The summed E-state index contributed by atoms with van der Waals surface area (Å²) in [5, 5.41) is 8.35. The molecule has 10 heteroatoms. The first-order chi connectivity index (χ1) is 13.2. The van der Waals surface area contributed by atoms with E-state index in [2.05, 4.69) is 15.8 Å². The first kappa shape index (κ1) is 20.7. The summed E-state index contributed by atoms with van der Waals surface area (Å²) < 4.78 is 53.7. The molecule has 6 nitrogen and oxygen atoms in total. The van der Waals surface area contributed by atoms with Crippen LogP contribution in [0.15, 0.2) is 47.5 Å². The van der Waals surface area contributed by atoms with Crippen molar-refractivity contribution in [3.05, 3.63) is 59.4 Å². The van der Waals surface area contributed by atoms with E-state index in [0.717, 1.165) is 12.1 Å². The number of hydrogen-bond acceptors (Lipinski definition) is 3. The molecule has 0 saturated heterocycles. The van der Waals surface area contributed by atoms with Crippen molar-refractivity contribution >= 4 is 11.9 Å². The number of nitriles is 1. The van der Waals surface area contributed by atoms with Gasteiger partial charge in [-0.05, 0) is 23.3 Å². The Morgan fingerprint density at radius 1 is 1.18 bits per heavy atom. The van der Waals surface area contributed by atoms with E-state index in [1.54, 1.807) is 6.07 Å². The van der Waals surface area contributed by atoms with Gasteiger partial charge in [0.2, 0.25) is 5.96 Å². The monoisotopic (exact) mass is 393 g/mol. The molecule has 0 atom stereocenters. The summed E-state index contributed by atoms with van der Waals surface area (Å²) in [6.07, 6.45) is -4.94. The first-order valence-corrected chi connectivity index (χ1v) is 7.89. The van der Waals surface area contributed by atoms with Gasteiger partial charge in [0, 0.05) is 5.56 Å². The average Bonchev–Trinajstić information content (AvgIpc) is 2.65. The van der Waals surface area contributed by atoms with E-state index in [9.17, 15) is 22.4 Å². The van der Waals surface area contributed by atoms with Gasteiger partial charge in [0.25, 0.3) is 5.91 Å². The molecular weight excluding hydrogens is 378 g/mol. The number of benzene rings is 2. The third-order valence-corrected chi connectivity index (χ3v) is 3.59. The normalized spacial score (nSPS) is 11.6. The zero-order chi connectivity index (χ0) is 20.7. The minimum absolute atomic E-state index is 0.0769. The summed E-state index contributed by atoms with van der Waals surface area (Å²) in [6, 6.07) is 10.2. The van der Waals surface area contributed by atoms with Crippen molar-refractivity contribution in [2.24, 2.45) is 10.7 Å². The second-order valence-electron chi connectivity index (χ2n) is 5.56. The molecular formula is C18H15F4N5O. The topological polar surface area (TPSA) is 103 Å². The SMILES string of the molecule is N#CCC(=O)NNC(N)=NCc1ccc(-c2ccccc2C(F)(F)F)cc1F. The summed E-state index contributed by atoms with van der Waals surface area (Å²) in [5.41, 5.74) is 9.05. The van der Waals surface area contributed by atoms with Crippen molar-refractivity contribution < 1.29 is 22.4 Å². The Balaban J connectivity index is 2.15. The van der Waals surface area contributed by atoms with Gasteiger partial charge in [0.05, 0.1) is 18.2 Å². The number of carbonyl (C=O) groups is 1. The highest BCUT2D eigenvalue weighted by Crippen LogP contribution is 2.37. The minimum atomic E-state index is -4.56. The van der Waals surface area contributed by atoms with Crippen LogP contribution in [-0.4, -0.2) is 11.9 Å². The van der Waals surface area contributed by atoms with Gasteiger partial charge in [-0.3, -0.25) is 15.6 Å². The predicted octanol–water partition coefficient (Wildman–Crippen LogP) is 2.86. The Bertz CT molecular complexity index is 934. The first-order valence-electron chi connectivity index (χ1n) is 7.89. The minimum Gasteiger partial charge on any atom is -0.369 e. The van der Waals surface area contributed by atoms with Crippen LogP contribution in [0.4, 0.5) is 17.6 Å². The number of guanidine groups is 1. The Kier molecular flexibility index (Phi) is 6.55. The van der Waals surface area contributed by atoms with Crippen LogP contribution in [0.5, 0.6) is 0 Å². The smallest absolute Gasteiger partial charge is 0.369 e. The van der Waals surface area contributed by atoms with Crippen molar-refractivity contribution in [3.8, 4) is 17.2 Å². The molecule has 0 bridgehead atoms. The number of nitrogens with two attached hydrogens (primary N) is 1. The van der Waals surface area contributed by atoms with Crippen LogP contribution in [-0.2, 0) is 17.5 Å². The second kappa shape index (κ2) is 8.85. The van der Waals surface area contributed by atoms with Crippen LogP contribution in [0, 0.1) is 17.1 Å². The lowest BCUT2D eigenvalue weighted by atomic mass is 9.98. The highest BCUT2D eigenvalue weighted by Gasteiger charge is 2.33. The summed E-state index contributed by atoms with van der Waals surface area (Å²) >= 11 is 0. The molecule has 0 saturated carbocycles. The molecule has 1 amide bonds. The molecule has 0 aliphatic rings. The number of nitrogens with one attached hydrogen (secondary N) is 2. The molecule has 2 rings (SSSR count). The summed E-state index contributed by atoms with van der Waals surface area (Å²) in [4.78, 5) is 14.9. The van der Waals surface area contributed by atoms with Gasteiger partial charge in [-0.2, -0.15) is 18.4 Å². The van der Waals surface area contributed by atoms with Crippen molar-refractivity contribution in [3.63, 3.8) is 0 Å².